The zero-order valence-corrected chi connectivity index (χ0v) is 37.0. The van der Waals surface area contributed by atoms with E-state index in [-0.39, 0.29) is 47.9 Å². The number of thiophene rings is 1. The summed E-state index contributed by atoms with van der Waals surface area (Å²) >= 11 is 1.86. The van der Waals surface area contributed by atoms with Crippen LogP contribution in [0.3, 0.4) is 0 Å². The minimum absolute atomic E-state index is 0. The first kappa shape index (κ1) is 42.6. The Labute approximate surface area is 336 Å². The first-order valence-corrected chi connectivity index (χ1v) is 20.2. The average molecular weight is 908 g/mol. The number of rotatable bonds is 10. The van der Waals surface area contributed by atoms with E-state index in [1.54, 1.807) is 6.33 Å². The van der Waals surface area contributed by atoms with E-state index in [1.807, 2.05) is 52.9 Å². The van der Waals surface area contributed by atoms with Gasteiger partial charge in [-0.15, -0.1) is 40.5 Å². The Morgan fingerprint density at radius 3 is 2.19 bits per heavy atom. The van der Waals surface area contributed by atoms with E-state index in [1.165, 1.54) is 48.9 Å². The molecule has 0 atom stereocenters. The number of nitrogens with zero attached hydrogens (tertiary/aromatic N) is 2. The Balaban J connectivity index is 0.000000299. The molecular weight excluding hydrogens is 849 g/mol. The Kier molecular flexibility index (Phi) is 13.7. The number of fused-ring (bicyclic) bond motifs is 6. The van der Waals surface area contributed by atoms with Crippen molar-refractivity contribution < 1.29 is 30.0 Å². The van der Waals surface area contributed by atoms with E-state index in [0.29, 0.717) is 5.92 Å². The van der Waals surface area contributed by atoms with Crippen molar-refractivity contribution in [2.24, 2.45) is 16.7 Å². The van der Waals surface area contributed by atoms with Crippen molar-refractivity contribution in [3.63, 3.8) is 0 Å². The van der Waals surface area contributed by atoms with Gasteiger partial charge in [0.15, 0.2) is 5.78 Å². The molecule has 0 amide bonds. The molecule has 0 saturated heterocycles. The summed E-state index contributed by atoms with van der Waals surface area (Å²) in [4.78, 5) is 23.2. The van der Waals surface area contributed by atoms with E-state index in [4.69, 9.17) is 9.97 Å². The molecule has 1 aliphatic rings. The van der Waals surface area contributed by atoms with Gasteiger partial charge in [-0.25, -0.2) is 4.98 Å². The second-order valence-corrected chi connectivity index (χ2v) is 17.7. The molecular formula is C47H59IrN2O2S-. The number of aliphatic hydroxyl groups is 1. The quantitative estimate of drug-likeness (QED) is 0.0861. The van der Waals surface area contributed by atoms with Crippen LogP contribution in [0.25, 0.3) is 42.7 Å². The number of aliphatic hydroxyl groups excluding tert-OH is 1. The summed E-state index contributed by atoms with van der Waals surface area (Å²) in [6.07, 6.45) is 9.75. The fourth-order valence-corrected chi connectivity index (χ4v) is 8.56. The molecule has 0 spiro atoms. The van der Waals surface area contributed by atoms with Gasteiger partial charge in [0, 0.05) is 52.3 Å². The number of hydrogen-bond donors (Lipinski definition) is 1. The fourth-order valence-electron chi connectivity index (χ4n) is 7.19. The van der Waals surface area contributed by atoms with Gasteiger partial charge in [-0.05, 0) is 78.5 Å². The van der Waals surface area contributed by atoms with Crippen LogP contribution in [0.4, 0.5) is 0 Å². The number of hydrogen-bond acceptors (Lipinski definition) is 5. The van der Waals surface area contributed by atoms with E-state index in [9.17, 15) is 9.90 Å². The Bertz CT molecular complexity index is 2090. The largest absolute Gasteiger partial charge is 0.512 e. The van der Waals surface area contributed by atoms with Gasteiger partial charge in [0.05, 0.1) is 5.52 Å². The topological polar surface area (TPSA) is 63.1 Å². The summed E-state index contributed by atoms with van der Waals surface area (Å²) in [6, 6.07) is 21.7. The Hall–Kier alpha value is -3.18. The molecule has 4 nitrogen and oxygen atoms in total. The third-order valence-corrected chi connectivity index (χ3v) is 13.0. The van der Waals surface area contributed by atoms with E-state index in [2.05, 4.69) is 89.2 Å². The van der Waals surface area contributed by atoms with Crippen molar-refractivity contribution in [3.8, 4) is 21.7 Å². The molecule has 285 valence electrons. The van der Waals surface area contributed by atoms with Crippen molar-refractivity contribution in [1.29, 1.82) is 0 Å². The van der Waals surface area contributed by atoms with Gasteiger partial charge in [-0.3, -0.25) is 9.78 Å². The molecule has 5 aromatic rings. The van der Waals surface area contributed by atoms with Crippen molar-refractivity contribution in [2.45, 2.75) is 127 Å². The molecule has 6 heteroatoms. The zero-order valence-electron chi connectivity index (χ0n) is 33.8. The van der Waals surface area contributed by atoms with Crippen molar-refractivity contribution in [3.05, 3.63) is 95.0 Å². The predicted octanol–water partition coefficient (Wildman–Crippen LogP) is 13.2. The second-order valence-electron chi connectivity index (χ2n) is 16.7. The van der Waals surface area contributed by atoms with Crippen LogP contribution >= 0.6 is 11.3 Å². The van der Waals surface area contributed by atoms with Crippen LogP contribution in [-0.4, -0.2) is 20.9 Å². The molecule has 53 heavy (non-hydrogen) atoms. The smallest absolute Gasteiger partial charge is 0.164 e. The number of allylic oxidation sites excluding steroid dienone is 2. The molecule has 1 aliphatic carbocycles. The van der Waals surface area contributed by atoms with Gasteiger partial charge in [0.1, 0.15) is 12.1 Å². The molecule has 0 aliphatic heterocycles. The number of carbonyl (C=O) groups is 1. The summed E-state index contributed by atoms with van der Waals surface area (Å²) in [7, 11) is 0. The van der Waals surface area contributed by atoms with Crippen molar-refractivity contribution >= 4 is 38.1 Å². The van der Waals surface area contributed by atoms with E-state index >= 15 is 0 Å². The maximum absolute atomic E-state index is 12.2. The van der Waals surface area contributed by atoms with E-state index in [0.717, 1.165) is 67.1 Å². The van der Waals surface area contributed by atoms with Crippen LogP contribution in [0.1, 0.15) is 124 Å². The molecule has 6 rings (SSSR count). The van der Waals surface area contributed by atoms with Crippen LogP contribution in [0, 0.1) is 22.8 Å². The van der Waals surface area contributed by atoms with Gasteiger partial charge < -0.3 is 5.11 Å². The van der Waals surface area contributed by atoms with E-state index < -0.39 is 0 Å². The molecule has 0 fully saturated rings. The molecule has 0 bridgehead atoms. The third-order valence-electron chi connectivity index (χ3n) is 11.7. The average Bonchev–Trinajstić information content (AvgIpc) is 3.52. The molecule has 3 aromatic carbocycles. The summed E-state index contributed by atoms with van der Waals surface area (Å²) in [5, 5.41) is 12.5. The van der Waals surface area contributed by atoms with Gasteiger partial charge in [-0.1, -0.05) is 124 Å². The Morgan fingerprint density at radius 2 is 1.57 bits per heavy atom. The molecule has 1 radical (unpaired) electrons. The van der Waals surface area contributed by atoms with Crippen LogP contribution in [-0.2, 0) is 49.6 Å². The third kappa shape index (κ3) is 8.87. The SMILES string of the molecule is CC(C)Cc1ccc2c(c1)CCc1c-2sc2c(-c3[c-]c4ccccc4c(C(C)(C)C)c3)ncnc12.CCC(C)(CC)C(=O)/C=C(\O)C(C)(CC)CC.[Ir]. The first-order chi connectivity index (χ1) is 24.6. The normalized spacial score (nSPS) is 13.3. The van der Waals surface area contributed by atoms with Crippen LogP contribution in [0.2, 0.25) is 0 Å². The second kappa shape index (κ2) is 17.1. The number of aryl methyl sites for hydroxylation is 2. The molecule has 1 N–H and O–H groups in total. The monoisotopic (exact) mass is 908 g/mol. The molecule has 0 saturated carbocycles. The summed E-state index contributed by atoms with van der Waals surface area (Å²) < 4.78 is 1.18. The minimum Gasteiger partial charge on any atom is -0.512 e. The summed E-state index contributed by atoms with van der Waals surface area (Å²) in [5.74, 6) is 0.958. The maximum Gasteiger partial charge on any atom is 0.164 e. The molecule has 2 heterocycles. The van der Waals surface area contributed by atoms with Crippen molar-refractivity contribution in [2.75, 3.05) is 0 Å². The van der Waals surface area contributed by atoms with Gasteiger partial charge in [-0.2, -0.15) is 0 Å². The van der Waals surface area contributed by atoms with Crippen LogP contribution in [0.15, 0.2) is 66.7 Å². The Morgan fingerprint density at radius 1 is 0.906 bits per heavy atom. The summed E-state index contributed by atoms with van der Waals surface area (Å²) in [6.45, 7) is 23.5. The van der Waals surface area contributed by atoms with Gasteiger partial charge >= 0.3 is 0 Å². The number of aromatic nitrogens is 2. The van der Waals surface area contributed by atoms with Crippen LogP contribution < -0.4 is 0 Å². The molecule has 2 aromatic heterocycles. The zero-order chi connectivity index (χ0) is 38.0. The number of benzene rings is 3. The van der Waals surface area contributed by atoms with Crippen molar-refractivity contribution in [1.82, 2.24) is 9.97 Å². The standard InChI is InChI=1S/C32H31N2S.C15H28O2.Ir/c1-19(2)14-20-10-12-25-22(15-20)11-13-26-29-31(35-30(25)26)28(33-18-34-29)23-16-21-8-6-7-9-24(21)27(17-23)32(3,4)5;1-7-14(5,8-2)12(16)11-13(17)15(6,9-3)10-4;/h6-10,12,15,17-19H,11,13-14H2,1-5H3;11,16H,7-10H2,1-6H3;/q-1;;/b;12-11-;. The molecule has 0 unspecified atom stereocenters. The summed E-state index contributed by atoms with van der Waals surface area (Å²) in [5.41, 5.74) is 9.62. The maximum atomic E-state index is 12.2. The minimum atomic E-state index is -0.337. The number of ketones is 1. The predicted molar refractivity (Wildman–Crippen MR) is 222 cm³/mol. The van der Waals surface area contributed by atoms with Gasteiger partial charge in [0.2, 0.25) is 0 Å². The fraction of sp³-hybridized carbons (Fsp3) is 0.468. The van der Waals surface area contributed by atoms with Crippen LogP contribution in [0.5, 0.6) is 0 Å². The first-order valence-electron chi connectivity index (χ1n) is 19.4. The number of carbonyl (C=O) groups excluding carboxylic acids is 1. The van der Waals surface area contributed by atoms with Gasteiger partial charge in [0.25, 0.3) is 0 Å².